The van der Waals surface area contributed by atoms with Crippen molar-refractivity contribution in [2.24, 2.45) is 0 Å². The van der Waals surface area contributed by atoms with Gasteiger partial charge in [0.25, 0.3) is 0 Å². The molecular formula is C16H11Cl2NO5. The number of methoxy groups -OCH3 is 1. The van der Waals surface area contributed by atoms with Gasteiger partial charge in [0, 0.05) is 6.08 Å². The Morgan fingerprint density at radius 2 is 1.88 bits per heavy atom. The molecule has 8 heteroatoms. The van der Waals surface area contributed by atoms with Gasteiger partial charge in [-0.2, -0.15) is 0 Å². The lowest BCUT2D eigenvalue weighted by molar-refractivity contribution is -0.400. The number of ether oxygens (including phenoxy) is 2. The number of carbonyl (C=O) groups excluding carboxylic acids is 1. The number of hydrogen-bond acceptors (Lipinski definition) is 5. The maximum Gasteiger partial charge on any atom is 0.343 e. The van der Waals surface area contributed by atoms with Crippen LogP contribution in [0.4, 0.5) is 0 Å². The Balaban J connectivity index is 2.23. The normalized spacial score (nSPS) is 10.6. The van der Waals surface area contributed by atoms with Crippen LogP contribution < -0.4 is 9.47 Å². The van der Waals surface area contributed by atoms with Crippen LogP contribution in [0.5, 0.6) is 11.5 Å². The maximum atomic E-state index is 12.2. The molecule has 24 heavy (non-hydrogen) atoms. The molecule has 0 unspecified atom stereocenters. The molecule has 2 aromatic carbocycles. The second kappa shape index (κ2) is 7.81. The van der Waals surface area contributed by atoms with E-state index in [2.05, 4.69) is 0 Å². The Labute approximate surface area is 147 Å². The molecule has 2 aromatic rings. The molecule has 2 rings (SSSR count). The number of carbonyl (C=O) groups is 1. The van der Waals surface area contributed by atoms with Crippen LogP contribution >= 0.6 is 23.2 Å². The molecule has 0 saturated heterocycles. The van der Waals surface area contributed by atoms with Crippen LogP contribution in [0.3, 0.4) is 0 Å². The largest absolute Gasteiger partial charge is 0.493 e. The fourth-order valence-corrected chi connectivity index (χ4v) is 2.10. The SMILES string of the molecule is COc1cc(/C=C/[N+](=O)[O-])ccc1OC(=O)c1ccc(Cl)c(Cl)c1. The summed E-state index contributed by atoms with van der Waals surface area (Å²) in [4.78, 5) is 21.9. The molecular weight excluding hydrogens is 357 g/mol. The summed E-state index contributed by atoms with van der Waals surface area (Å²) in [7, 11) is 1.40. The highest BCUT2D eigenvalue weighted by atomic mass is 35.5. The van der Waals surface area contributed by atoms with Crippen LogP contribution in [0.25, 0.3) is 6.08 Å². The smallest absolute Gasteiger partial charge is 0.343 e. The summed E-state index contributed by atoms with van der Waals surface area (Å²) in [5.41, 5.74) is 0.752. The molecule has 0 N–H and O–H groups in total. The molecule has 6 nitrogen and oxygen atoms in total. The van der Waals surface area contributed by atoms with Crippen LogP contribution in [0.2, 0.25) is 10.0 Å². The van der Waals surface area contributed by atoms with E-state index in [1.807, 2.05) is 0 Å². The second-order valence-electron chi connectivity index (χ2n) is 4.53. The van der Waals surface area contributed by atoms with E-state index in [9.17, 15) is 14.9 Å². The van der Waals surface area contributed by atoms with Crippen LogP contribution in [-0.2, 0) is 0 Å². The van der Waals surface area contributed by atoms with Crippen molar-refractivity contribution in [2.75, 3.05) is 7.11 Å². The highest BCUT2D eigenvalue weighted by molar-refractivity contribution is 6.42. The van der Waals surface area contributed by atoms with Crippen LogP contribution in [0.1, 0.15) is 15.9 Å². The lowest BCUT2D eigenvalue weighted by Gasteiger charge is -2.10. The number of hydrogen-bond donors (Lipinski definition) is 0. The topological polar surface area (TPSA) is 78.7 Å². The lowest BCUT2D eigenvalue weighted by Crippen LogP contribution is -2.09. The third-order valence-corrected chi connectivity index (χ3v) is 3.67. The van der Waals surface area contributed by atoms with E-state index < -0.39 is 10.9 Å². The van der Waals surface area contributed by atoms with Crippen molar-refractivity contribution in [1.82, 2.24) is 0 Å². The Morgan fingerprint density at radius 1 is 1.12 bits per heavy atom. The molecule has 0 fully saturated rings. The molecule has 0 heterocycles. The maximum absolute atomic E-state index is 12.2. The van der Waals surface area contributed by atoms with Crippen molar-refractivity contribution in [3.05, 3.63) is 73.9 Å². The molecule has 124 valence electrons. The highest BCUT2D eigenvalue weighted by Crippen LogP contribution is 2.30. The zero-order valence-electron chi connectivity index (χ0n) is 12.4. The summed E-state index contributed by atoms with van der Waals surface area (Å²) < 4.78 is 10.4. The zero-order chi connectivity index (χ0) is 17.7. The van der Waals surface area contributed by atoms with Gasteiger partial charge in [0.15, 0.2) is 11.5 Å². The second-order valence-corrected chi connectivity index (χ2v) is 5.34. The summed E-state index contributed by atoms with van der Waals surface area (Å²) in [5.74, 6) is -0.207. The molecule has 0 radical (unpaired) electrons. The molecule has 0 amide bonds. The van der Waals surface area contributed by atoms with Crippen molar-refractivity contribution in [1.29, 1.82) is 0 Å². The Kier molecular flexibility index (Phi) is 5.78. The highest BCUT2D eigenvalue weighted by Gasteiger charge is 2.14. The minimum Gasteiger partial charge on any atom is -0.493 e. The van der Waals surface area contributed by atoms with Gasteiger partial charge in [0.2, 0.25) is 6.20 Å². The van der Waals surface area contributed by atoms with E-state index in [1.54, 1.807) is 6.07 Å². The van der Waals surface area contributed by atoms with Gasteiger partial charge in [-0.25, -0.2) is 4.79 Å². The number of esters is 1. The predicted molar refractivity (Wildman–Crippen MR) is 90.4 cm³/mol. The zero-order valence-corrected chi connectivity index (χ0v) is 13.9. The quantitative estimate of drug-likeness (QED) is 0.337. The first-order valence-electron chi connectivity index (χ1n) is 6.57. The minimum absolute atomic E-state index is 0.173. The van der Waals surface area contributed by atoms with E-state index in [-0.39, 0.29) is 22.1 Å². The summed E-state index contributed by atoms with van der Waals surface area (Å²) in [6.45, 7) is 0. The third kappa shape index (κ3) is 4.47. The van der Waals surface area contributed by atoms with Gasteiger partial charge in [-0.1, -0.05) is 29.3 Å². The first-order chi connectivity index (χ1) is 11.4. The van der Waals surface area contributed by atoms with Crippen molar-refractivity contribution in [3.63, 3.8) is 0 Å². The molecule has 0 aromatic heterocycles. The summed E-state index contributed by atoms with van der Waals surface area (Å²) in [6, 6.07) is 8.92. The molecule has 0 aliphatic rings. The van der Waals surface area contributed by atoms with E-state index in [4.69, 9.17) is 32.7 Å². The number of rotatable bonds is 5. The fourth-order valence-electron chi connectivity index (χ4n) is 1.80. The van der Waals surface area contributed by atoms with Gasteiger partial charge in [-0.15, -0.1) is 0 Å². The average Bonchev–Trinajstić information content (AvgIpc) is 2.56. The molecule has 0 spiro atoms. The van der Waals surface area contributed by atoms with Gasteiger partial charge < -0.3 is 9.47 Å². The Morgan fingerprint density at radius 3 is 2.50 bits per heavy atom. The first kappa shape index (κ1) is 17.8. The van der Waals surface area contributed by atoms with Crippen molar-refractivity contribution < 1.29 is 19.2 Å². The van der Waals surface area contributed by atoms with Crippen LogP contribution in [0, 0.1) is 10.1 Å². The lowest BCUT2D eigenvalue weighted by atomic mass is 10.2. The van der Waals surface area contributed by atoms with E-state index in [0.29, 0.717) is 10.6 Å². The summed E-state index contributed by atoms with van der Waals surface area (Å²) in [5, 5.41) is 10.9. The van der Waals surface area contributed by atoms with Crippen molar-refractivity contribution >= 4 is 35.2 Å². The summed E-state index contributed by atoms with van der Waals surface area (Å²) >= 11 is 11.7. The number of nitro groups is 1. The fraction of sp³-hybridized carbons (Fsp3) is 0.0625. The molecule has 0 aliphatic carbocycles. The van der Waals surface area contributed by atoms with Crippen LogP contribution in [0.15, 0.2) is 42.6 Å². The van der Waals surface area contributed by atoms with Crippen molar-refractivity contribution in [2.45, 2.75) is 0 Å². The predicted octanol–water partition coefficient (Wildman–Crippen LogP) is 4.47. The minimum atomic E-state index is -0.638. The number of benzene rings is 2. The molecule has 0 aliphatic heterocycles. The van der Waals surface area contributed by atoms with Gasteiger partial charge in [-0.3, -0.25) is 10.1 Å². The van der Waals surface area contributed by atoms with Gasteiger partial charge in [-0.05, 0) is 35.9 Å². The number of halogens is 2. The van der Waals surface area contributed by atoms with Crippen molar-refractivity contribution in [3.8, 4) is 11.5 Å². The number of nitrogens with zero attached hydrogens (tertiary/aromatic N) is 1. The average molecular weight is 368 g/mol. The monoisotopic (exact) mass is 367 g/mol. The Bertz CT molecular complexity index is 820. The van der Waals surface area contributed by atoms with Crippen LogP contribution in [-0.4, -0.2) is 18.0 Å². The molecule has 0 atom stereocenters. The standard InChI is InChI=1S/C16H11Cl2NO5/c1-23-15-8-10(6-7-19(21)22)2-5-14(15)24-16(20)11-3-4-12(17)13(18)9-11/h2-9H,1H3/b7-6+. The summed E-state index contributed by atoms with van der Waals surface area (Å²) in [6.07, 6.45) is 2.10. The molecule has 0 bridgehead atoms. The van der Waals surface area contributed by atoms with Gasteiger partial charge in [0.05, 0.1) is 27.6 Å². The first-order valence-corrected chi connectivity index (χ1v) is 7.33. The van der Waals surface area contributed by atoms with E-state index in [0.717, 1.165) is 6.20 Å². The van der Waals surface area contributed by atoms with E-state index in [1.165, 1.54) is 43.5 Å². The van der Waals surface area contributed by atoms with Gasteiger partial charge >= 0.3 is 5.97 Å². The molecule has 0 saturated carbocycles. The Hall–Kier alpha value is -2.57. The third-order valence-electron chi connectivity index (χ3n) is 2.93. The van der Waals surface area contributed by atoms with E-state index >= 15 is 0 Å². The van der Waals surface area contributed by atoms with Gasteiger partial charge in [0.1, 0.15) is 0 Å².